The van der Waals surface area contributed by atoms with E-state index in [4.69, 9.17) is 14.7 Å². The van der Waals surface area contributed by atoms with Crippen LogP contribution in [0, 0.1) is 11.3 Å². The highest BCUT2D eigenvalue weighted by Crippen LogP contribution is 2.16. The number of rotatable bonds is 8. The van der Waals surface area contributed by atoms with Crippen LogP contribution in [0.15, 0.2) is 48.5 Å². The van der Waals surface area contributed by atoms with Crippen LogP contribution in [-0.2, 0) is 9.59 Å². The summed E-state index contributed by atoms with van der Waals surface area (Å²) in [6.07, 6.45) is 0. The molecule has 0 atom stereocenters. The average Bonchev–Trinajstić information content (AvgIpc) is 2.70. The second-order valence-electron chi connectivity index (χ2n) is 5.61. The van der Waals surface area contributed by atoms with Gasteiger partial charge in [-0.25, -0.2) is 0 Å². The molecular weight excluding hydrogens is 346 g/mol. The van der Waals surface area contributed by atoms with E-state index in [1.165, 1.54) is 4.90 Å². The largest absolute Gasteiger partial charge is 0.497 e. The first-order valence-electron chi connectivity index (χ1n) is 8.40. The van der Waals surface area contributed by atoms with Gasteiger partial charge in [0.05, 0.1) is 25.3 Å². The van der Waals surface area contributed by atoms with E-state index in [0.29, 0.717) is 29.3 Å². The summed E-state index contributed by atoms with van der Waals surface area (Å²) in [5.41, 5.74) is 1.11. The van der Waals surface area contributed by atoms with E-state index >= 15 is 0 Å². The van der Waals surface area contributed by atoms with E-state index in [-0.39, 0.29) is 25.0 Å². The summed E-state index contributed by atoms with van der Waals surface area (Å²) < 4.78 is 10.5. The Labute approximate surface area is 158 Å². The first-order valence-corrected chi connectivity index (χ1v) is 8.40. The van der Waals surface area contributed by atoms with Crippen LogP contribution in [-0.4, -0.2) is 43.5 Å². The molecule has 0 fully saturated rings. The van der Waals surface area contributed by atoms with Gasteiger partial charge in [-0.15, -0.1) is 0 Å². The highest BCUT2D eigenvalue weighted by molar-refractivity contribution is 5.94. The molecule has 27 heavy (non-hydrogen) atoms. The van der Waals surface area contributed by atoms with E-state index in [1.54, 1.807) is 62.6 Å². The fraction of sp³-hybridized carbons (Fsp3) is 0.250. The van der Waals surface area contributed by atoms with E-state index in [9.17, 15) is 9.59 Å². The maximum atomic E-state index is 12.3. The maximum absolute atomic E-state index is 12.3. The second kappa shape index (κ2) is 9.82. The Morgan fingerprint density at radius 1 is 1.15 bits per heavy atom. The quantitative estimate of drug-likeness (QED) is 0.774. The molecule has 140 valence electrons. The summed E-state index contributed by atoms with van der Waals surface area (Å²) in [6.45, 7) is 1.90. The normalized spacial score (nSPS) is 9.81. The van der Waals surface area contributed by atoms with Crippen molar-refractivity contribution in [2.75, 3.05) is 32.1 Å². The topological polar surface area (TPSA) is 91.7 Å². The van der Waals surface area contributed by atoms with Gasteiger partial charge in [-0.1, -0.05) is 6.07 Å². The smallest absolute Gasteiger partial charge is 0.260 e. The van der Waals surface area contributed by atoms with Crippen LogP contribution >= 0.6 is 0 Å². The van der Waals surface area contributed by atoms with Gasteiger partial charge in [0, 0.05) is 18.3 Å². The minimum atomic E-state index is -0.308. The molecule has 0 aromatic heterocycles. The molecule has 2 rings (SSSR count). The molecule has 0 saturated heterocycles. The van der Waals surface area contributed by atoms with Crippen LogP contribution in [0.4, 0.5) is 5.69 Å². The maximum Gasteiger partial charge on any atom is 0.260 e. The van der Waals surface area contributed by atoms with Crippen molar-refractivity contribution in [1.82, 2.24) is 4.90 Å². The summed E-state index contributed by atoms with van der Waals surface area (Å²) in [7, 11) is 1.55. The number of nitrogens with zero attached hydrogens (tertiary/aromatic N) is 2. The van der Waals surface area contributed by atoms with Crippen LogP contribution < -0.4 is 14.8 Å². The van der Waals surface area contributed by atoms with Crippen LogP contribution in [0.1, 0.15) is 12.5 Å². The lowest BCUT2D eigenvalue weighted by Gasteiger charge is -2.20. The molecule has 2 amide bonds. The van der Waals surface area contributed by atoms with Gasteiger partial charge in [-0.3, -0.25) is 9.59 Å². The Morgan fingerprint density at radius 2 is 1.89 bits per heavy atom. The molecule has 2 aromatic carbocycles. The zero-order chi connectivity index (χ0) is 19.6. The minimum absolute atomic E-state index is 0.0801. The molecule has 0 bridgehead atoms. The zero-order valence-electron chi connectivity index (χ0n) is 15.3. The standard InChI is InChI=1S/C20H21N3O4/c1-3-23(13-19(24)22-16-5-4-6-18(11-16)26-2)20(25)14-27-17-9-7-15(12-21)8-10-17/h4-11H,3,13-14H2,1-2H3,(H,22,24). The van der Waals surface area contributed by atoms with Crippen molar-refractivity contribution in [2.24, 2.45) is 0 Å². The fourth-order valence-corrected chi connectivity index (χ4v) is 2.31. The van der Waals surface area contributed by atoms with Gasteiger partial charge < -0.3 is 19.7 Å². The number of ether oxygens (including phenoxy) is 2. The molecule has 0 aliphatic heterocycles. The third kappa shape index (κ3) is 6.04. The van der Waals surface area contributed by atoms with Gasteiger partial charge in [0.2, 0.25) is 5.91 Å². The third-order valence-corrected chi connectivity index (χ3v) is 3.77. The molecular formula is C20H21N3O4. The number of benzene rings is 2. The number of hydrogen-bond acceptors (Lipinski definition) is 5. The van der Waals surface area contributed by atoms with Crippen LogP contribution in [0.5, 0.6) is 11.5 Å². The predicted octanol–water partition coefficient (Wildman–Crippen LogP) is 2.43. The summed E-state index contributed by atoms with van der Waals surface area (Å²) in [6, 6.07) is 15.5. The van der Waals surface area contributed by atoms with Crippen molar-refractivity contribution >= 4 is 17.5 Å². The molecule has 0 saturated carbocycles. The Morgan fingerprint density at radius 3 is 2.52 bits per heavy atom. The fourth-order valence-electron chi connectivity index (χ4n) is 2.31. The molecule has 0 aliphatic rings. The van der Waals surface area contributed by atoms with E-state index in [0.717, 1.165) is 0 Å². The molecule has 2 aromatic rings. The lowest BCUT2D eigenvalue weighted by molar-refractivity contribution is -0.136. The van der Waals surface area contributed by atoms with Gasteiger partial charge in [0.15, 0.2) is 6.61 Å². The summed E-state index contributed by atoms with van der Waals surface area (Å²) in [4.78, 5) is 25.9. The van der Waals surface area contributed by atoms with Crippen molar-refractivity contribution in [3.8, 4) is 17.6 Å². The molecule has 0 aliphatic carbocycles. The molecule has 7 nitrogen and oxygen atoms in total. The molecule has 0 radical (unpaired) electrons. The zero-order valence-corrected chi connectivity index (χ0v) is 15.3. The van der Waals surface area contributed by atoms with Gasteiger partial charge in [0.25, 0.3) is 5.91 Å². The second-order valence-corrected chi connectivity index (χ2v) is 5.61. The number of anilines is 1. The summed E-state index contributed by atoms with van der Waals surface area (Å²) in [5.74, 6) is 0.505. The highest BCUT2D eigenvalue weighted by Gasteiger charge is 2.16. The van der Waals surface area contributed by atoms with E-state index in [2.05, 4.69) is 5.32 Å². The van der Waals surface area contributed by atoms with Crippen molar-refractivity contribution in [3.05, 3.63) is 54.1 Å². The van der Waals surface area contributed by atoms with Crippen LogP contribution in [0.25, 0.3) is 0 Å². The Hall–Kier alpha value is -3.53. The van der Waals surface area contributed by atoms with Crippen molar-refractivity contribution < 1.29 is 19.1 Å². The summed E-state index contributed by atoms with van der Waals surface area (Å²) in [5, 5.41) is 11.5. The Kier molecular flexibility index (Phi) is 7.20. The number of carbonyl (C=O) groups is 2. The SMILES string of the molecule is CCN(CC(=O)Nc1cccc(OC)c1)C(=O)COc1ccc(C#N)cc1. The molecule has 7 heteroatoms. The number of hydrogen-bond donors (Lipinski definition) is 1. The van der Waals surface area contributed by atoms with Crippen LogP contribution in [0.3, 0.4) is 0 Å². The van der Waals surface area contributed by atoms with Crippen molar-refractivity contribution in [1.29, 1.82) is 5.26 Å². The minimum Gasteiger partial charge on any atom is -0.497 e. The molecule has 0 spiro atoms. The number of nitriles is 1. The molecule has 0 unspecified atom stereocenters. The van der Waals surface area contributed by atoms with Crippen molar-refractivity contribution in [3.63, 3.8) is 0 Å². The number of methoxy groups -OCH3 is 1. The van der Waals surface area contributed by atoms with Gasteiger partial charge >= 0.3 is 0 Å². The average molecular weight is 367 g/mol. The van der Waals surface area contributed by atoms with Gasteiger partial charge in [-0.2, -0.15) is 5.26 Å². The highest BCUT2D eigenvalue weighted by atomic mass is 16.5. The number of carbonyl (C=O) groups excluding carboxylic acids is 2. The van der Waals surface area contributed by atoms with E-state index < -0.39 is 0 Å². The number of likely N-dealkylation sites (N-methyl/N-ethyl adjacent to an activating group) is 1. The lowest BCUT2D eigenvalue weighted by atomic mass is 10.2. The van der Waals surface area contributed by atoms with Crippen LogP contribution in [0.2, 0.25) is 0 Å². The Balaban J connectivity index is 1.87. The Bertz CT molecular complexity index is 828. The third-order valence-electron chi connectivity index (χ3n) is 3.77. The number of amides is 2. The predicted molar refractivity (Wildman–Crippen MR) is 101 cm³/mol. The molecule has 1 N–H and O–H groups in total. The van der Waals surface area contributed by atoms with E-state index in [1.807, 2.05) is 6.07 Å². The van der Waals surface area contributed by atoms with Crippen molar-refractivity contribution in [2.45, 2.75) is 6.92 Å². The monoisotopic (exact) mass is 367 g/mol. The first kappa shape index (κ1) is 19.8. The van der Waals surface area contributed by atoms with Gasteiger partial charge in [-0.05, 0) is 43.3 Å². The van der Waals surface area contributed by atoms with Gasteiger partial charge in [0.1, 0.15) is 11.5 Å². The first-order chi connectivity index (χ1) is 13.0. The number of nitrogens with one attached hydrogen (secondary N) is 1. The lowest BCUT2D eigenvalue weighted by Crippen LogP contribution is -2.40. The molecule has 0 heterocycles. The summed E-state index contributed by atoms with van der Waals surface area (Å²) >= 11 is 0.